The highest BCUT2D eigenvalue weighted by atomic mass is 28.3. The Morgan fingerprint density at radius 3 is 2.20 bits per heavy atom. The van der Waals surface area contributed by atoms with Crippen molar-refractivity contribution in [3.05, 3.63) is 76.5 Å². The first-order valence-corrected chi connectivity index (χ1v) is 15.0. The Morgan fingerprint density at radius 2 is 1.60 bits per heavy atom. The molecule has 0 radical (unpaired) electrons. The quantitative estimate of drug-likeness (QED) is 0.305. The van der Waals surface area contributed by atoms with E-state index in [0.29, 0.717) is 24.0 Å². The molecule has 0 saturated carbocycles. The maximum absolute atomic E-state index is 6.34. The van der Waals surface area contributed by atoms with E-state index in [4.69, 9.17) is 23.6 Å². The highest BCUT2D eigenvalue weighted by Gasteiger charge is 2.22. The zero-order chi connectivity index (χ0) is 25.6. The standard InChI is InChI=1S/C29H39NO4Si/c1-20-24(17-15-22-14-16-23(29(2,3)4)18-25(22)34-35(7)8)30-28(32-6)27(31-5)26(20)33-19-21-12-10-9-11-13-21/h9-14,16,18,35H,15,17,19H2,1-8H3. The van der Waals surface area contributed by atoms with Gasteiger partial charge in [0.25, 0.3) is 5.88 Å². The molecule has 188 valence electrons. The fourth-order valence-electron chi connectivity index (χ4n) is 3.97. The van der Waals surface area contributed by atoms with Gasteiger partial charge in [0, 0.05) is 5.56 Å². The average molecular weight is 494 g/mol. The largest absolute Gasteiger partial charge is 0.547 e. The normalized spacial score (nSPS) is 11.5. The van der Waals surface area contributed by atoms with Crippen LogP contribution >= 0.6 is 0 Å². The summed E-state index contributed by atoms with van der Waals surface area (Å²) in [6.45, 7) is 13.6. The molecule has 1 aromatic heterocycles. The zero-order valence-electron chi connectivity index (χ0n) is 22.4. The molecule has 0 aliphatic heterocycles. The molecule has 5 nitrogen and oxygen atoms in total. The van der Waals surface area contributed by atoms with Gasteiger partial charge in [-0.3, -0.25) is 0 Å². The number of hydrogen-bond acceptors (Lipinski definition) is 5. The van der Waals surface area contributed by atoms with Crippen molar-refractivity contribution in [1.29, 1.82) is 0 Å². The van der Waals surface area contributed by atoms with E-state index in [9.17, 15) is 0 Å². The lowest BCUT2D eigenvalue weighted by Crippen LogP contribution is -2.16. The summed E-state index contributed by atoms with van der Waals surface area (Å²) >= 11 is 0. The molecular weight excluding hydrogens is 454 g/mol. The van der Waals surface area contributed by atoms with Crippen molar-refractivity contribution in [3.63, 3.8) is 0 Å². The molecule has 0 saturated heterocycles. The Balaban J connectivity index is 1.91. The minimum Gasteiger partial charge on any atom is -0.547 e. The average Bonchev–Trinajstić information content (AvgIpc) is 2.82. The van der Waals surface area contributed by atoms with Crippen molar-refractivity contribution in [1.82, 2.24) is 4.98 Å². The van der Waals surface area contributed by atoms with E-state index in [-0.39, 0.29) is 5.41 Å². The molecule has 6 heteroatoms. The number of hydrogen-bond donors (Lipinski definition) is 0. The second-order valence-electron chi connectivity index (χ2n) is 10.1. The number of ether oxygens (including phenoxy) is 3. The van der Waals surface area contributed by atoms with Crippen molar-refractivity contribution in [2.75, 3.05) is 14.2 Å². The molecule has 0 fully saturated rings. The highest BCUT2D eigenvalue weighted by Crippen LogP contribution is 2.40. The van der Waals surface area contributed by atoms with Crippen LogP contribution in [0.25, 0.3) is 0 Å². The minimum atomic E-state index is -1.25. The molecule has 1 heterocycles. The molecule has 0 unspecified atom stereocenters. The molecular formula is C29H39NO4Si. The predicted molar refractivity (Wildman–Crippen MR) is 145 cm³/mol. The Morgan fingerprint density at radius 1 is 0.886 bits per heavy atom. The summed E-state index contributed by atoms with van der Waals surface area (Å²) in [5.74, 6) is 2.63. The van der Waals surface area contributed by atoms with E-state index in [2.05, 4.69) is 52.1 Å². The van der Waals surface area contributed by atoms with Crippen molar-refractivity contribution in [3.8, 4) is 23.1 Å². The van der Waals surface area contributed by atoms with Crippen molar-refractivity contribution in [2.24, 2.45) is 0 Å². The lowest BCUT2D eigenvalue weighted by molar-refractivity contribution is 0.269. The summed E-state index contributed by atoms with van der Waals surface area (Å²) in [6.07, 6.45) is 1.54. The molecule has 0 N–H and O–H groups in total. The van der Waals surface area contributed by atoms with Gasteiger partial charge in [0.15, 0.2) is 5.75 Å². The van der Waals surface area contributed by atoms with Gasteiger partial charge in [-0.1, -0.05) is 63.2 Å². The molecule has 35 heavy (non-hydrogen) atoms. The molecule has 2 aromatic carbocycles. The van der Waals surface area contributed by atoms with Crippen molar-refractivity contribution in [2.45, 2.75) is 65.7 Å². The molecule has 0 atom stereocenters. The monoisotopic (exact) mass is 493 g/mol. The summed E-state index contributed by atoms with van der Waals surface area (Å²) in [5.41, 5.74) is 5.53. The summed E-state index contributed by atoms with van der Waals surface area (Å²) < 4.78 is 23.8. The SMILES string of the molecule is COc1nc(CCc2ccc(C(C)(C)C)cc2O[SiH](C)C)c(C)c(OCc2ccccc2)c1OC. The number of aromatic nitrogens is 1. The molecule has 3 rings (SSSR count). The molecule has 0 aliphatic carbocycles. The van der Waals surface area contributed by atoms with Crippen LogP contribution in [0.3, 0.4) is 0 Å². The lowest BCUT2D eigenvalue weighted by Gasteiger charge is -2.23. The first kappa shape index (κ1) is 26.6. The van der Waals surface area contributed by atoms with Gasteiger partial charge in [-0.15, -0.1) is 0 Å². The first-order valence-electron chi connectivity index (χ1n) is 12.2. The first-order chi connectivity index (χ1) is 16.6. The maximum Gasteiger partial charge on any atom is 0.261 e. The highest BCUT2D eigenvalue weighted by molar-refractivity contribution is 6.49. The van der Waals surface area contributed by atoms with Crippen LogP contribution in [0, 0.1) is 6.92 Å². The van der Waals surface area contributed by atoms with Crippen molar-refractivity contribution >= 4 is 9.04 Å². The third-order valence-electron chi connectivity index (χ3n) is 5.96. The lowest BCUT2D eigenvalue weighted by atomic mass is 9.86. The minimum absolute atomic E-state index is 0.0711. The second-order valence-corrected chi connectivity index (χ2v) is 12.4. The Labute approximate surface area is 212 Å². The van der Waals surface area contributed by atoms with E-state index in [1.165, 1.54) is 11.1 Å². The van der Waals surface area contributed by atoms with Crippen LogP contribution in [0.15, 0.2) is 48.5 Å². The number of methoxy groups -OCH3 is 2. The van der Waals surface area contributed by atoms with Crippen LogP contribution in [0.5, 0.6) is 23.1 Å². The predicted octanol–water partition coefficient (Wildman–Crippen LogP) is 6.43. The van der Waals surface area contributed by atoms with Crippen LogP contribution in [-0.2, 0) is 24.9 Å². The second kappa shape index (κ2) is 11.6. The topological polar surface area (TPSA) is 49.8 Å². The van der Waals surface area contributed by atoms with Gasteiger partial charge in [0.2, 0.25) is 14.8 Å². The smallest absolute Gasteiger partial charge is 0.261 e. The van der Waals surface area contributed by atoms with Gasteiger partial charge in [-0.25, -0.2) is 4.98 Å². The van der Waals surface area contributed by atoms with E-state index in [1.54, 1.807) is 14.2 Å². The Hall–Kier alpha value is -2.99. The summed E-state index contributed by atoms with van der Waals surface area (Å²) in [6, 6.07) is 16.7. The summed E-state index contributed by atoms with van der Waals surface area (Å²) in [7, 11) is 1.97. The van der Waals surface area contributed by atoms with E-state index < -0.39 is 9.04 Å². The number of benzene rings is 2. The van der Waals surface area contributed by atoms with Gasteiger partial charge < -0.3 is 18.6 Å². The summed E-state index contributed by atoms with van der Waals surface area (Å²) in [5, 5.41) is 0. The van der Waals surface area contributed by atoms with E-state index in [1.807, 2.05) is 37.3 Å². The molecule has 3 aromatic rings. The maximum atomic E-state index is 6.34. The molecule has 0 aliphatic rings. The van der Waals surface area contributed by atoms with Gasteiger partial charge in [-0.05, 0) is 61.0 Å². The van der Waals surface area contributed by atoms with Gasteiger partial charge in [0.1, 0.15) is 12.4 Å². The molecule has 0 spiro atoms. The number of pyridine rings is 1. The number of nitrogens with zero attached hydrogens (tertiary/aromatic N) is 1. The molecule has 0 bridgehead atoms. The Kier molecular flexibility index (Phi) is 8.84. The third-order valence-corrected chi connectivity index (χ3v) is 6.69. The Bertz CT molecular complexity index is 1120. The van der Waals surface area contributed by atoms with E-state index >= 15 is 0 Å². The third kappa shape index (κ3) is 6.79. The van der Waals surface area contributed by atoms with Crippen LogP contribution in [0.1, 0.15) is 48.7 Å². The van der Waals surface area contributed by atoms with Crippen LogP contribution in [0.2, 0.25) is 13.1 Å². The fraction of sp³-hybridized carbons (Fsp3) is 0.414. The van der Waals surface area contributed by atoms with Gasteiger partial charge in [0.05, 0.1) is 19.9 Å². The number of aryl methyl sites for hydroxylation is 2. The number of rotatable bonds is 10. The zero-order valence-corrected chi connectivity index (χ0v) is 23.6. The van der Waals surface area contributed by atoms with Gasteiger partial charge >= 0.3 is 0 Å². The van der Waals surface area contributed by atoms with Crippen molar-refractivity contribution < 1.29 is 18.6 Å². The van der Waals surface area contributed by atoms with Crippen LogP contribution in [0.4, 0.5) is 0 Å². The molecule has 0 amide bonds. The summed E-state index contributed by atoms with van der Waals surface area (Å²) in [4.78, 5) is 4.78. The van der Waals surface area contributed by atoms with Gasteiger partial charge in [-0.2, -0.15) is 0 Å². The van der Waals surface area contributed by atoms with E-state index in [0.717, 1.165) is 35.4 Å². The van der Waals surface area contributed by atoms with Crippen LogP contribution in [-0.4, -0.2) is 28.2 Å². The van der Waals surface area contributed by atoms with Crippen LogP contribution < -0.4 is 18.6 Å². The fourth-order valence-corrected chi connectivity index (χ4v) is 4.69.